The number of ketones is 1. The van der Waals surface area contributed by atoms with Crippen molar-refractivity contribution in [1.29, 1.82) is 0 Å². The molecule has 26 heavy (non-hydrogen) atoms. The van der Waals surface area contributed by atoms with E-state index in [4.69, 9.17) is 4.74 Å². The molecular formula is C19H21N3O4. The van der Waals surface area contributed by atoms with Gasteiger partial charge in [0.1, 0.15) is 0 Å². The van der Waals surface area contributed by atoms with Crippen LogP contribution in [0.15, 0.2) is 48.7 Å². The fourth-order valence-electron chi connectivity index (χ4n) is 2.91. The van der Waals surface area contributed by atoms with Crippen molar-refractivity contribution in [2.75, 3.05) is 25.0 Å². The molecule has 1 aromatic heterocycles. The molecule has 1 atom stereocenters. The number of carbonyl (C=O) groups excluding carboxylic acids is 3. The van der Waals surface area contributed by atoms with Gasteiger partial charge >= 0.3 is 12.0 Å². The molecule has 0 radical (unpaired) electrons. The number of H-pyrrole nitrogens is 1. The Kier molecular flexibility index (Phi) is 5.68. The van der Waals surface area contributed by atoms with Crippen LogP contribution in [0.25, 0.3) is 0 Å². The maximum absolute atomic E-state index is 12.4. The predicted molar refractivity (Wildman–Crippen MR) is 95.8 cm³/mol. The number of anilines is 1. The van der Waals surface area contributed by atoms with Gasteiger partial charge in [-0.1, -0.05) is 18.2 Å². The summed E-state index contributed by atoms with van der Waals surface area (Å²) in [6.45, 7) is 0.574. The Morgan fingerprint density at radius 1 is 1.15 bits per heavy atom. The van der Waals surface area contributed by atoms with E-state index in [1.165, 1.54) is 0 Å². The normalized spacial score (nSPS) is 16.8. The SMILES string of the molecule is O=C(COC(=O)[C@@H]1CCCN(C(=O)Nc2ccccc2)C1)c1ccc[nH]1. The number of aromatic amines is 1. The zero-order chi connectivity index (χ0) is 18.4. The fraction of sp³-hybridized carbons (Fsp3) is 0.316. The van der Waals surface area contributed by atoms with Gasteiger partial charge in [0.15, 0.2) is 6.61 Å². The van der Waals surface area contributed by atoms with E-state index in [1.807, 2.05) is 18.2 Å². The Hall–Kier alpha value is -3.09. The summed E-state index contributed by atoms with van der Waals surface area (Å²) in [5.41, 5.74) is 1.11. The zero-order valence-corrected chi connectivity index (χ0v) is 14.3. The molecule has 2 N–H and O–H groups in total. The summed E-state index contributed by atoms with van der Waals surface area (Å²) in [5.74, 6) is -1.14. The Morgan fingerprint density at radius 2 is 1.96 bits per heavy atom. The highest BCUT2D eigenvalue weighted by Gasteiger charge is 2.30. The second kappa shape index (κ2) is 8.33. The number of aromatic nitrogens is 1. The van der Waals surface area contributed by atoms with Gasteiger partial charge in [-0.3, -0.25) is 9.59 Å². The molecule has 0 bridgehead atoms. The minimum Gasteiger partial charge on any atom is -0.457 e. The molecule has 0 unspecified atom stereocenters. The van der Waals surface area contributed by atoms with Crippen LogP contribution in [0.2, 0.25) is 0 Å². The standard InChI is InChI=1S/C19H21N3O4/c23-17(16-9-4-10-20-16)13-26-18(24)14-6-5-11-22(12-14)19(25)21-15-7-2-1-3-8-15/h1-4,7-10,14,20H,5-6,11-13H2,(H,21,25)/t14-/m1/s1. The average Bonchev–Trinajstić information content (AvgIpc) is 3.21. The summed E-state index contributed by atoms with van der Waals surface area (Å²) < 4.78 is 5.15. The van der Waals surface area contributed by atoms with E-state index in [-0.39, 0.29) is 25.0 Å². The maximum atomic E-state index is 12.4. The number of amides is 2. The summed E-state index contributed by atoms with van der Waals surface area (Å²) in [7, 11) is 0. The predicted octanol–water partition coefficient (Wildman–Crippen LogP) is 2.68. The number of nitrogens with one attached hydrogen (secondary N) is 2. The molecule has 2 aromatic rings. The Morgan fingerprint density at radius 3 is 2.69 bits per heavy atom. The third kappa shape index (κ3) is 4.50. The second-order valence-corrected chi connectivity index (χ2v) is 6.20. The van der Waals surface area contributed by atoms with Crippen LogP contribution in [0.5, 0.6) is 0 Å². The number of benzene rings is 1. The van der Waals surface area contributed by atoms with Crippen molar-refractivity contribution >= 4 is 23.5 Å². The van der Waals surface area contributed by atoms with Crippen molar-refractivity contribution in [3.63, 3.8) is 0 Å². The molecule has 0 saturated carbocycles. The van der Waals surface area contributed by atoms with Gasteiger partial charge in [0.25, 0.3) is 0 Å². The van der Waals surface area contributed by atoms with Crippen LogP contribution in [0.4, 0.5) is 10.5 Å². The van der Waals surface area contributed by atoms with Crippen LogP contribution in [0.1, 0.15) is 23.3 Å². The smallest absolute Gasteiger partial charge is 0.321 e. The minimum absolute atomic E-state index is 0.240. The molecule has 7 heteroatoms. The number of ether oxygens (including phenoxy) is 1. The number of para-hydroxylation sites is 1. The van der Waals surface area contributed by atoms with Crippen molar-refractivity contribution in [2.24, 2.45) is 5.92 Å². The van der Waals surface area contributed by atoms with Crippen molar-refractivity contribution in [1.82, 2.24) is 9.88 Å². The molecule has 2 amide bonds. The molecule has 1 aliphatic heterocycles. The van der Waals surface area contributed by atoms with Gasteiger partial charge < -0.3 is 19.9 Å². The van der Waals surface area contributed by atoms with Gasteiger partial charge in [-0.2, -0.15) is 0 Å². The number of nitrogens with zero attached hydrogens (tertiary/aromatic N) is 1. The van der Waals surface area contributed by atoms with Crippen LogP contribution >= 0.6 is 0 Å². The molecule has 3 rings (SSSR count). The van der Waals surface area contributed by atoms with Gasteiger partial charge in [-0.25, -0.2) is 4.79 Å². The quantitative estimate of drug-likeness (QED) is 0.637. The first-order valence-electron chi connectivity index (χ1n) is 8.57. The fourth-order valence-corrected chi connectivity index (χ4v) is 2.91. The Bertz CT molecular complexity index is 758. The van der Waals surface area contributed by atoms with Gasteiger partial charge in [0.05, 0.1) is 11.6 Å². The molecule has 1 fully saturated rings. The summed E-state index contributed by atoms with van der Waals surface area (Å²) >= 11 is 0. The molecule has 0 spiro atoms. The average molecular weight is 355 g/mol. The highest BCUT2D eigenvalue weighted by molar-refractivity contribution is 5.96. The Labute approximate surface area is 151 Å². The topological polar surface area (TPSA) is 91.5 Å². The lowest BCUT2D eigenvalue weighted by molar-refractivity contribution is -0.148. The third-order valence-corrected chi connectivity index (χ3v) is 4.31. The van der Waals surface area contributed by atoms with Crippen LogP contribution in [0.3, 0.4) is 0 Å². The minimum atomic E-state index is -0.442. The van der Waals surface area contributed by atoms with Crippen LogP contribution in [-0.4, -0.2) is 47.4 Å². The largest absolute Gasteiger partial charge is 0.457 e. The van der Waals surface area contributed by atoms with Crippen molar-refractivity contribution in [3.8, 4) is 0 Å². The van der Waals surface area contributed by atoms with Crippen molar-refractivity contribution < 1.29 is 19.1 Å². The number of esters is 1. The molecule has 1 aromatic carbocycles. The third-order valence-electron chi connectivity index (χ3n) is 4.31. The van der Waals surface area contributed by atoms with Gasteiger partial charge in [-0.05, 0) is 37.1 Å². The van der Waals surface area contributed by atoms with Crippen LogP contribution in [0, 0.1) is 5.92 Å². The first-order valence-corrected chi connectivity index (χ1v) is 8.57. The first kappa shape index (κ1) is 17.7. The number of hydrogen-bond donors (Lipinski definition) is 2. The van der Waals surface area contributed by atoms with Crippen LogP contribution in [-0.2, 0) is 9.53 Å². The van der Waals surface area contributed by atoms with Crippen LogP contribution < -0.4 is 5.32 Å². The number of Topliss-reactive ketones (excluding diaryl/α,β-unsaturated/α-hetero) is 1. The van der Waals surface area contributed by atoms with Gasteiger partial charge in [0.2, 0.25) is 5.78 Å². The van der Waals surface area contributed by atoms with E-state index in [0.29, 0.717) is 30.8 Å². The maximum Gasteiger partial charge on any atom is 0.321 e. The van der Waals surface area contributed by atoms with Gasteiger partial charge in [-0.15, -0.1) is 0 Å². The van der Waals surface area contributed by atoms with E-state index < -0.39 is 11.9 Å². The lowest BCUT2D eigenvalue weighted by atomic mass is 9.98. The molecule has 1 aliphatic rings. The van der Waals surface area contributed by atoms with Crippen molar-refractivity contribution in [2.45, 2.75) is 12.8 Å². The van der Waals surface area contributed by atoms with E-state index in [2.05, 4.69) is 10.3 Å². The molecule has 1 saturated heterocycles. The molecule has 136 valence electrons. The number of likely N-dealkylation sites (tertiary alicyclic amines) is 1. The summed E-state index contributed by atoms with van der Waals surface area (Å²) in [6.07, 6.45) is 3.00. The zero-order valence-electron chi connectivity index (χ0n) is 14.3. The monoisotopic (exact) mass is 355 g/mol. The summed E-state index contributed by atoms with van der Waals surface area (Å²) in [4.78, 5) is 40.9. The number of piperidine rings is 1. The second-order valence-electron chi connectivity index (χ2n) is 6.20. The first-order chi connectivity index (χ1) is 12.6. The highest BCUT2D eigenvalue weighted by atomic mass is 16.5. The lowest BCUT2D eigenvalue weighted by Crippen LogP contribution is -2.44. The van der Waals surface area contributed by atoms with E-state index >= 15 is 0 Å². The van der Waals surface area contributed by atoms with Crippen molar-refractivity contribution in [3.05, 3.63) is 54.4 Å². The molecular weight excluding hydrogens is 334 g/mol. The Balaban J connectivity index is 1.50. The van der Waals surface area contributed by atoms with E-state index in [1.54, 1.807) is 35.4 Å². The molecule has 0 aliphatic carbocycles. The number of hydrogen-bond acceptors (Lipinski definition) is 4. The molecule has 2 heterocycles. The molecule has 7 nitrogen and oxygen atoms in total. The lowest BCUT2D eigenvalue weighted by Gasteiger charge is -2.31. The number of urea groups is 1. The van der Waals surface area contributed by atoms with Gasteiger partial charge in [0, 0.05) is 25.0 Å². The number of carbonyl (C=O) groups is 3. The van der Waals surface area contributed by atoms with E-state index in [0.717, 1.165) is 0 Å². The summed E-state index contributed by atoms with van der Waals surface area (Å²) in [5, 5.41) is 2.82. The highest BCUT2D eigenvalue weighted by Crippen LogP contribution is 2.19. The van der Waals surface area contributed by atoms with E-state index in [9.17, 15) is 14.4 Å². The number of rotatable bonds is 5. The summed E-state index contributed by atoms with van der Waals surface area (Å²) in [6, 6.07) is 12.3.